The molecule has 6 rings (SSSR count). The second kappa shape index (κ2) is 24.0. The van der Waals surface area contributed by atoms with Crippen molar-refractivity contribution in [3.05, 3.63) is 86.0 Å². The van der Waals surface area contributed by atoms with Crippen LogP contribution in [0.5, 0.6) is 12.0 Å². The molecule has 0 aliphatic carbocycles. The standard InChI is InChI=1S/C21H29BrN5O4P.C21H30N5O5P/c1-4-7-11-29-21-25-18(23)17-19(26-21)27(20(22)24-17)13-15-9-8-10-16(12-15)14-32(28,30-5-2)31-6-3;1-4-7-11-29-20-24-18(22)17-19(25-20)26(21(27)23-17)13-15-9-8-10-16(12-15)14-32(28,30-5-2)31-6-3/h8-10,12H,4-7,11,13-14H2,1-3H3,(H2,23,25,26);8-10,12H,4-7,11,13-14H2,1-3H3,(H,23,27)(H2,22,24,25). The monoisotopic (exact) mass is 988 g/mol. The summed E-state index contributed by atoms with van der Waals surface area (Å²) in [5.74, 6) is 0.421. The average Bonchev–Trinajstić information content (AvgIpc) is 3.73. The maximum Gasteiger partial charge on any atom is 0.335 e. The number of nitrogens with zero attached hydrogens (tertiary/aromatic N) is 7. The molecule has 0 unspecified atom stereocenters. The number of unbranched alkanes of at least 4 members (excludes halogenated alkanes) is 2. The third-order valence-corrected chi connectivity index (χ3v) is 14.1. The first-order chi connectivity index (χ1) is 30.8. The van der Waals surface area contributed by atoms with E-state index in [0.29, 0.717) is 73.2 Å². The smallest absolute Gasteiger partial charge is 0.335 e. The van der Waals surface area contributed by atoms with E-state index in [0.717, 1.165) is 47.9 Å². The molecule has 0 saturated carbocycles. The van der Waals surface area contributed by atoms with Crippen molar-refractivity contribution in [2.45, 2.75) is 92.6 Å². The number of aromatic amines is 1. The quantitative estimate of drug-likeness (QED) is 0.0291. The van der Waals surface area contributed by atoms with Crippen LogP contribution in [0, 0.1) is 0 Å². The summed E-state index contributed by atoms with van der Waals surface area (Å²) in [5, 5.41) is 0. The fraction of sp³-hybridized carbons (Fsp3) is 0.476. The zero-order chi connectivity index (χ0) is 46.3. The summed E-state index contributed by atoms with van der Waals surface area (Å²) >= 11 is 3.50. The van der Waals surface area contributed by atoms with Crippen LogP contribution in [-0.2, 0) is 52.6 Å². The number of anilines is 2. The van der Waals surface area contributed by atoms with Crippen molar-refractivity contribution in [2.75, 3.05) is 51.1 Å². The molecule has 19 nitrogen and oxygen atoms in total. The Labute approximate surface area is 381 Å². The Hall–Kier alpha value is -4.68. The van der Waals surface area contributed by atoms with Crippen molar-refractivity contribution in [3.8, 4) is 12.0 Å². The molecule has 22 heteroatoms. The van der Waals surface area contributed by atoms with Crippen LogP contribution in [0.1, 0.15) is 89.5 Å². The lowest BCUT2D eigenvalue weighted by atomic mass is 10.1. The lowest BCUT2D eigenvalue weighted by molar-refractivity contribution is 0.218. The third kappa shape index (κ3) is 13.7. The number of nitrogen functional groups attached to an aromatic ring is 2. The number of aromatic nitrogens is 8. The molecule has 5 N–H and O–H groups in total. The summed E-state index contributed by atoms with van der Waals surface area (Å²) < 4.78 is 62.6. The zero-order valence-electron chi connectivity index (χ0n) is 37.3. The molecule has 64 heavy (non-hydrogen) atoms. The van der Waals surface area contributed by atoms with Gasteiger partial charge in [-0.25, -0.2) is 9.78 Å². The van der Waals surface area contributed by atoms with E-state index in [1.807, 2.05) is 53.1 Å². The summed E-state index contributed by atoms with van der Waals surface area (Å²) in [7, 11) is -6.42. The molecule has 2 aromatic carbocycles. The topological polar surface area (TPSA) is 249 Å². The summed E-state index contributed by atoms with van der Waals surface area (Å²) in [5.41, 5.74) is 17.0. The van der Waals surface area contributed by atoms with Crippen LogP contribution in [0.4, 0.5) is 11.6 Å². The molecule has 0 aliphatic rings. The first kappa shape index (κ1) is 50.3. The predicted molar refractivity (Wildman–Crippen MR) is 251 cm³/mol. The second-order valence-corrected chi connectivity index (χ2v) is 19.2. The molecule has 6 aromatic rings. The second-order valence-electron chi connectivity index (χ2n) is 14.4. The van der Waals surface area contributed by atoms with Crippen molar-refractivity contribution < 1.29 is 36.7 Å². The molecule has 4 aromatic heterocycles. The highest BCUT2D eigenvalue weighted by molar-refractivity contribution is 9.10. The van der Waals surface area contributed by atoms with Crippen molar-refractivity contribution in [1.29, 1.82) is 0 Å². The Morgan fingerprint density at radius 3 is 1.56 bits per heavy atom. The number of H-pyrrole nitrogens is 1. The maximum absolute atomic E-state index is 12.9. The Balaban J connectivity index is 0.000000241. The maximum atomic E-state index is 12.9. The Morgan fingerprint density at radius 1 is 0.625 bits per heavy atom. The fourth-order valence-electron chi connectivity index (χ4n) is 6.55. The number of hydrogen-bond donors (Lipinski definition) is 3. The number of hydrogen-bond acceptors (Lipinski definition) is 16. The van der Waals surface area contributed by atoms with Gasteiger partial charge in [0.05, 0.1) is 65.1 Å². The molecule has 348 valence electrons. The molecule has 0 spiro atoms. The number of nitrogens with two attached hydrogens (primary N) is 2. The summed E-state index contributed by atoms with van der Waals surface area (Å²) in [4.78, 5) is 37.0. The lowest BCUT2D eigenvalue weighted by Gasteiger charge is -2.17. The van der Waals surface area contributed by atoms with Gasteiger partial charge in [-0.1, -0.05) is 75.2 Å². The van der Waals surface area contributed by atoms with Crippen LogP contribution in [-0.4, -0.2) is 78.7 Å². The number of rotatable bonds is 24. The van der Waals surface area contributed by atoms with E-state index in [4.69, 9.17) is 39.0 Å². The molecule has 0 atom stereocenters. The van der Waals surface area contributed by atoms with E-state index in [9.17, 15) is 13.9 Å². The van der Waals surface area contributed by atoms with Crippen LogP contribution in [0.15, 0.2) is 58.1 Å². The van der Waals surface area contributed by atoms with Crippen molar-refractivity contribution in [1.82, 2.24) is 39.0 Å². The highest BCUT2D eigenvalue weighted by atomic mass is 79.9. The van der Waals surface area contributed by atoms with Gasteiger partial charge in [0.25, 0.3) is 0 Å². The number of ether oxygens (including phenoxy) is 2. The highest BCUT2D eigenvalue weighted by Gasteiger charge is 2.26. The Morgan fingerprint density at radius 2 is 1.08 bits per heavy atom. The minimum absolute atomic E-state index is 0.138. The summed E-state index contributed by atoms with van der Waals surface area (Å²) in [6, 6.07) is 15.6. The van der Waals surface area contributed by atoms with Gasteiger partial charge in [-0.3, -0.25) is 18.3 Å². The molecule has 0 radical (unpaired) electrons. The molecular formula is C42H59BrN10O9P2. The number of nitrogens with one attached hydrogen (secondary N) is 1. The van der Waals surface area contributed by atoms with Gasteiger partial charge in [-0.15, -0.1) is 0 Å². The molecule has 0 amide bonds. The van der Waals surface area contributed by atoms with Gasteiger partial charge in [-0.2, -0.15) is 19.9 Å². The van der Waals surface area contributed by atoms with E-state index < -0.39 is 15.2 Å². The molecule has 0 aliphatic heterocycles. The number of benzene rings is 2. The third-order valence-electron chi connectivity index (χ3n) is 9.36. The van der Waals surface area contributed by atoms with Crippen LogP contribution in [0.25, 0.3) is 22.3 Å². The van der Waals surface area contributed by atoms with Crippen LogP contribution < -0.4 is 26.6 Å². The molecule has 4 heterocycles. The fourth-order valence-corrected chi connectivity index (χ4v) is 10.4. The van der Waals surface area contributed by atoms with Gasteiger partial charge in [-0.05, 0) is 78.7 Å². The largest absolute Gasteiger partial charge is 0.463 e. The van der Waals surface area contributed by atoms with E-state index in [2.05, 4.69) is 59.7 Å². The average molecular weight is 990 g/mol. The van der Waals surface area contributed by atoms with Crippen LogP contribution in [0.3, 0.4) is 0 Å². The Bertz CT molecular complexity index is 2600. The van der Waals surface area contributed by atoms with Gasteiger partial charge in [0.15, 0.2) is 33.2 Å². The SMILES string of the molecule is CCCCOc1nc(N)c2[nH]c(=O)n(Cc3cccc(CP(=O)(OCC)OCC)c3)c2n1.CCCCOc1nc(N)c2nc(Br)n(Cc3cccc(CP(=O)(OCC)OCC)c3)c2n1. The van der Waals surface area contributed by atoms with Gasteiger partial charge < -0.3 is 44.0 Å². The number of halogens is 1. The number of fused-ring (bicyclic) bond motifs is 2. The summed E-state index contributed by atoms with van der Waals surface area (Å²) in [6.45, 7) is 14.3. The van der Waals surface area contributed by atoms with Crippen molar-refractivity contribution in [2.24, 2.45) is 0 Å². The van der Waals surface area contributed by atoms with E-state index in [-0.39, 0.29) is 48.2 Å². The van der Waals surface area contributed by atoms with Crippen molar-refractivity contribution in [3.63, 3.8) is 0 Å². The first-order valence-electron chi connectivity index (χ1n) is 21.4. The highest BCUT2D eigenvalue weighted by Crippen LogP contribution is 2.52. The van der Waals surface area contributed by atoms with Gasteiger partial charge in [0.1, 0.15) is 5.52 Å². The molecular weight excluding hydrogens is 930 g/mol. The molecule has 0 saturated heterocycles. The van der Waals surface area contributed by atoms with Gasteiger partial charge in [0.2, 0.25) is 0 Å². The normalized spacial score (nSPS) is 11.9. The molecule has 0 fully saturated rings. The van der Waals surface area contributed by atoms with E-state index in [1.54, 1.807) is 27.7 Å². The number of imidazole rings is 2. The zero-order valence-corrected chi connectivity index (χ0v) is 40.6. The van der Waals surface area contributed by atoms with E-state index in [1.165, 1.54) is 4.57 Å². The predicted octanol–water partition coefficient (Wildman–Crippen LogP) is 8.86. The Kier molecular flexibility index (Phi) is 18.9. The van der Waals surface area contributed by atoms with Crippen LogP contribution >= 0.6 is 31.1 Å². The molecule has 0 bridgehead atoms. The van der Waals surface area contributed by atoms with E-state index >= 15 is 0 Å². The van der Waals surface area contributed by atoms with Gasteiger partial charge in [0, 0.05) is 0 Å². The summed E-state index contributed by atoms with van der Waals surface area (Å²) in [6.07, 6.45) is 4.11. The minimum atomic E-state index is -3.24. The first-order valence-corrected chi connectivity index (χ1v) is 25.6. The minimum Gasteiger partial charge on any atom is -0.463 e. The van der Waals surface area contributed by atoms with Crippen molar-refractivity contribution >= 4 is 65.1 Å². The van der Waals surface area contributed by atoms with Crippen LogP contribution in [0.2, 0.25) is 0 Å². The van der Waals surface area contributed by atoms with Gasteiger partial charge >= 0.3 is 32.9 Å². The lowest BCUT2D eigenvalue weighted by Crippen LogP contribution is -2.18.